The summed E-state index contributed by atoms with van der Waals surface area (Å²) < 4.78 is 0. The summed E-state index contributed by atoms with van der Waals surface area (Å²) in [6.07, 6.45) is 2.77. The van der Waals surface area contributed by atoms with Crippen molar-refractivity contribution < 1.29 is 0 Å². The Hall–Kier alpha value is -0.0400. The number of rotatable bonds is 0. The third kappa shape index (κ3) is 0.873. The molecule has 0 aromatic rings. The highest BCUT2D eigenvalue weighted by molar-refractivity contribution is 4.78. The van der Waals surface area contributed by atoms with Gasteiger partial charge in [-0.1, -0.05) is 0 Å². The summed E-state index contributed by atoms with van der Waals surface area (Å²) in [5.74, 6) is 0. The van der Waals surface area contributed by atoms with Gasteiger partial charge in [0.1, 0.15) is 0 Å². The Balaban J connectivity index is 2.44. The first kappa shape index (κ1) is 6.09. The minimum Gasteiger partial charge on any atom is -0.301 e. The third-order valence-electron chi connectivity index (χ3n) is 2.39. The monoisotopic (exact) mass is 113 g/mol. The summed E-state index contributed by atoms with van der Waals surface area (Å²) in [4.78, 5) is 2.44. The molecule has 0 spiro atoms. The van der Waals surface area contributed by atoms with Crippen LogP contribution in [0.15, 0.2) is 0 Å². The fraction of sp³-hybridized carbons (Fsp3) is 1.00. The molecule has 1 aliphatic heterocycles. The van der Waals surface area contributed by atoms with Crippen LogP contribution in [0.2, 0.25) is 0 Å². The largest absolute Gasteiger partial charge is 0.301 e. The number of likely N-dealkylation sites (tertiary alicyclic amines) is 1. The Morgan fingerprint density at radius 2 is 1.50 bits per heavy atom. The molecular weight excluding hydrogens is 98.1 g/mol. The summed E-state index contributed by atoms with van der Waals surface area (Å²) >= 11 is 0. The molecule has 0 aliphatic carbocycles. The maximum atomic E-state index is 2.44. The number of hydrogen-bond acceptors (Lipinski definition) is 1. The van der Waals surface area contributed by atoms with E-state index in [4.69, 9.17) is 0 Å². The molecule has 0 N–H and O–H groups in total. The van der Waals surface area contributed by atoms with Gasteiger partial charge in [-0.05, 0) is 33.7 Å². The smallest absolute Gasteiger partial charge is 0.00672 e. The molecule has 48 valence electrons. The average molecular weight is 113 g/mol. The maximum absolute atomic E-state index is 2.44. The molecule has 0 bridgehead atoms. The van der Waals surface area contributed by atoms with E-state index in [1.807, 2.05) is 0 Å². The molecule has 0 radical (unpaired) electrons. The molecule has 1 fully saturated rings. The van der Waals surface area contributed by atoms with E-state index in [1.165, 1.54) is 12.8 Å². The van der Waals surface area contributed by atoms with Gasteiger partial charge in [0.25, 0.3) is 0 Å². The fourth-order valence-corrected chi connectivity index (χ4v) is 1.32. The van der Waals surface area contributed by atoms with Gasteiger partial charge in [0.2, 0.25) is 0 Å². The number of hydrogen-bond donors (Lipinski definition) is 0. The maximum Gasteiger partial charge on any atom is 0.00672 e. The van der Waals surface area contributed by atoms with Gasteiger partial charge in [-0.3, -0.25) is 0 Å². The highest BCUT2D eigenvalue weighted by Crippen LogP contribution is 2.20. The van der Waals surface area contributed by atoms with E-state index in [1.54, 1.807) is 0 Å². The van der Waals surface area contributed by atoms with Gasteiger partial charge in [-0.25, -0.2) is 0 Å². The lowest BCUT2D eigenvalue weighted by Crippen LogP contribution is -2.27. The predicted molar refractivity (Wildman–Crippen MR) is 35.9 cm³/mol. The normalized spacial score (nSPS) is 40.9. The van der Waals surface area contributed by atoms with Crippen molar-refractivity contribution in [3.8, 4) is 0 Å². The molecule has 2 atom stereocenters. The molecule has 0 amide bonds. The third-order valence-corrected chi connectivity index (χ3v) is 2.39. The molecule has 1 aliphatic rings. The predicted octanol–water partition coefficient (Wildman–Crippen LogP) is 1.49. The van der Waals surface area contributed by atoms with E-state index >= 15 is 0 Å². The fourth-order valence-electron chi connectivity index (χ4n) is 1.32. The van der Waals surface area contributed by atoms with E-state index in [-0.39, 0.29) is 0 Å². The van der Waals surface area contributed by atoms with Crippen LogP contribution >= 0.6 is 0 Å². The van der Waals surface area contributed by atoms with Crippen molar-refractivity contribution >= 4 is 0 Å². The van der Waals surface area contributed by atoms with E-state index in [0.29, 0.717) is 0 Å². The summed E-state index contributed by atoms with van der Waals surface area (Å²) in [5, 5.41) is 0. The van der Waals surface area contributed by atoms with Gasteiger partial charge in [0.05, 0.1) is 0 Å². The molecule has 1 saturated heterocycles. The Morgan fingerprint density at radius 1 is 1.12 bits per heavy atom. The van der Waals surface area contributed by atoms with Crippen LogP contribution in [-0.4, -0.2) is 24.0 Å². The van der Waals surface area contributed by atoms with Crippen LogP contribution in [0.1, 0.15) is 26.7 Å². The molecule has 1 rings (SSSR count). The SMILES string of the molecule is CC1CCC(C)N1C. The first-order valence-corrected chi connectivity index (χ1v) is 3.43. The van der Waals surface area contributed by atoms with E-state index in [2.05, 4.69) is 25.8 Å². The molecule has 1 nitrogen and oxygen atoms in total. The van der Waals surface area contributed by atoms with Crippen molar-refractivity contribution in [2.45, 2.75) is 38.8 Å². The van der Waals surface area contributed by atoms with Gasteiger partial charge in [-0.15, -0.1) is 0 Å². The van der Waals surface area contributed by atoms with Crippen LogP contribution in [-0.2, 0) is 0 Å². The Bertz CT molecular complexity index is 70.5. The molecule has 1 heteroatoms. The van der Waals surface area contributed by atoms with Crippen LogP contribution in [0.25, 0.3) is 0 Å². The molecule has 0 aromatic heterocycles. The van der Waals surface area contributed by atoms with Gasteiger partial charge < -0.3 is 4.90 Å². The van der Waals surface area contributed by atoms with Gasteiger partial charge in [-0.2, -0.15) is 0 Å². The number of nitrogens with zero attached hydrogens (tertiary/aromatic N) is 1. The van der Waals surface area contributed by atoms with E-state index in [0.717, 1.165) is 12.1 Å². The second kappa shape index (κ2) is 2.06. The van der Waals surface area contributed by atoms with Crippen molar-refractivity contribution in [3.63, 3.8) is 0 Å². The van der Waals surface area contributed by atoms with Crippen LogP contribution in [0.4, 0.5) is 0 Å². The lowest BCUT2D eigenvalue weighted by molar-refractivity contribution is 0.267. The van der Waals surface area contributed by atoms with Crippen molar-refractivity contribution in [1.29, 1.82) is 0 Å². The summed E-state index contributed by atoms with van der Waals surface area (Å²) in [6.45, 7) is 4.59. The first-order valence-electron chi connectivity index (χ1n) is 3.43. The summed E-state index contributed by atoms with van der Waals surface area (Å²) in [6, 6.07) is 1.65. The summed E-state index contributed by atoms with van der Waals surface area (Å²) in [5.41, 5.74) is 0. The zero-order chi connectivity index (χ0) is 6.15. The average Bonchev–Trinajstić information content (AvgIpc) is 1.98. The highest BCUT2D eigenvalue weighted by Gasteiger charge is 2.22. The van der Waals surface area contributed by atoms with Crippen LogP contribution in [0.5, 0.6) is 0 Å². The van der Waals surface area contributed by atoms with Crippen LogP contribution < -0.4 is 0 Å². The van der Waals surface area contributed by atoms with Crippen LogP contribution in [0.3, 0.4) is 0 Å². The van der Waals surface area contributed by atoms with E-state index < -0.39 is 0 Å². The van der Waals surface area contributed by atoms with Crippen molar-refractivity contribution in [3.05, 3.63) is 0 Å². The Morgan fingerprint density at radius 3 is 1.62 bits per heavy atom. The highest BCUT2D eigenvalue weighted by atomic mass is 15.2. The molecule has 8 heavy (non-hydrogen) atoms. The second-order valence-electron chi connectivity index (χ2n) is 2.94. The minimum absolute atomic E-state index is 0.824. The summed E-state index contributed by atoms with van der Waals surface area (Å²) in [7, 11) is 2.21. The van der Waals surface area contributed by atoms with Gasteiger partial charge >= 0.3 is 0 Å². The molecule has 1 heterocycles. The molecule has 2 unspecified atom stereocenters. The zero-order valence-corrected chi connectivity index (χ0v) is 6.02. The topological polar surface area (TPSA) is 3.24 Å². The van der Waals surface area contributed by atoms with E-state index in [9.17, 15) is 0 Å². The lowest BCUT2D eigenvalue weighted by atomic mass is 10.2. The van der Waals surface area contributed by atoms with Gasteiger partial charge in [0, 0.05) is 12.1 Å². The quantitative estimate of drug-likeness (QED) is 0.460. The standard InChI is InChI=1S/C7H15N/c1-6-4-5-7(2)8(6)3/h6-7H,4-5H2,1-3H3. The van der Waals surface area contributed by atoms with Gasteiger partial charge in [0.15, 0.2) is 0 Å². The first-order chi connectivity index (χ1) is 3.72. The minimum atomic E-state index is 0.824. The zero-order valence-electron chi connectivity index (χ0n) is 6.02. The van der Waals surface area contributed by atoms with Crippen molar-refractivity contribution in [1.82, 2.24) is 4.90 Å². The molecular formula is C7H15N. The Kier molecular flexibility index (Phi) is 1.57. The van der Waals surface area contributed by atoms with Crippen molar-refractivity contribution in [2.75, 3.05) is 7.05 Å². The molecule has 0 saturated carbocycles. The van der Waals surface area contributed by atoms with Crippen LogP contribution in [0, 0.1) is 0 Å². The Labute approximate surface area is 51.7 Å². The lowest BCUT2D eigenvalue weighted by Gasteiger charge is -2.18. The molecule has 0 aromatic carbocycles. The van der Waals surface area contributed by atoms with Crippen molar-refractivity contribution in [2.24, 2.45) is 0 Å². The second-order valence-corrected chi connectivity index (χ2v) is 2.94.